The molecule has 0 saturated heterocycles. The van der Waals surface area contributed by atoms with Crippen LogP contribution in [-0.4, -0.2) is 11.7 Å². The molecular weight excluding hydrogens is 291 g/mol. The lowest BCUT2D eigenvalue weighted by Gasteiger charge is -2.07. The largest absolute Gasteiger partial charge is 0.489 e. The van der Waals surface area contributed by atoms with Crippen molar-refractivity contribution in [3.63, 3.8) is 0 Å². The maximum Gasteiger partial charge on any atom is 0.138 e. The molecule has 2 rings (SSSR count). The van der Waals surface area contributed by atoms with Gasteiger partial charge in [-0.05, 0) is 42.0 Å². The quantitative estimate of drug-likeness (QED) is 0.871. The van der Waals surface area contributed by atoms with Gasteiger partial charge in [0.2, 0.25) is 0 Å². The zero-order valence-corrected chi connectivity index (χ0v) is 12.0. The van der Waals surface area contributed by atoms with Crippen LogP contribution in [0.25, 0.3) is 0 Å². The van der Waals surface area contributed by atoms with Gasteiger partial charge in [-0.2, -0.15) is 0 Å². The first-order valence-electron chi connectivity index (χ1n) is 6.45. The summed E-state index contributed by atoms with van der Waals surface area (Å²) in [5.41, 5.74) is 1.13. The van der Waals surface area contributed by atoms with E-state index in [-0.39, 0.29) is 12.4 Å². The highest BCUT2D eigenvalue weighted by atomic mass is 35.5. The molecule has 0 bridgehead atoms. The van der Waals surface area contributed by atoms with Gasteiger partial charge in [-0.1, -0.05) is 29.5 Å². The van der Waals surface area contributed by atoms with Crippen LogP contribution in [0.15, 0.2) is 42.5 Å². The highest BCUT2D eigenvalue weighted by molar-refractivity contribution is 6.30. The summed E-state index contributed by atoms with van der Waals surface area (Å²) >= 11 is 5.80. The van der Waals surface area contributed by atoms with Crippen LogP contribution < -0.4 is 4.74 Å². The summed E-state index contributed by atoms with van der Waals surface area (Å²) < 4.78 is 19.2. The first-order valence-corrected chi connectivity index (χ1v) is 6.83. The zero-order chi connectivity index (χ0) is 15.1. The average molecular weight is 305 g/mol. The Morgan fingerprint density at radius 3 is 2.62 bits per heavy atom. The second-order valence-corrected chi connectivity index (χ2v) is 4.77. The van der Waals surface area contributed by atoms with Gasteiger partial charge in [0.05, 0.1) is 12.2 Å². The van der Waals surface area contributed by atoms with E-state index >= 15 is 0 Å². The molecule has 2 nitrogen and oxygen atoms in total. The first-order chi connectivity index (χ1) is 10.2. The molecule has 0 amide bonds. The number of ether oxygens (including phenoxy) is 1. The summed E-state index contributed by atoms with van der Waals surface area (Å²) in [6.07, 6.45) is 0.324. The van der Waals surface area contributed by atoms with Crippen LogP contribution in [0.1, 0.15) is 17.5 Å². The number of aliphatic hydroxyl groups excluding tert-OH is 1. The summed E-state index contributed by atoms with van der Waals surface area (Å²) in [6, 6.07) is 11.7. The van der Waals surface area contributed by atoms with E-state index in [1.54, 1.807) is 36.4 Å². The molecule has 0 atom stereocenters. The van der Waals surface area contributed by atoms with Crippen molar-refractivity contribution in [2.75, 3.05) is 6.61 Å². The molecule has 0 spiro atoms. The molecule has 0 aliphatic heterocycles. The van der Waals surface area contributed by atoms with E-state index in [2.05, 4.69) is 11.8 Å². The number of hydrogen-bond donors (Lipinski definition) is 1. The number of benzene rings is 2. The van der Waals surface area contributed by atoms with Crippen LogP contribution in [0.4, 0.5) is 4.39 Å². The van der Waals surface area contributed by atoms with Crippen molar-refractivity contribution in [1.29, 1.82) is 0 Å². The third-order valence-electron chi connectivity index (χ3n) is 2.71. The van der Waals surface area contributed by atoms with Gasteiger partial charge >= 0.3 is 0 Å². The Bertz CT molecular complexity index is 657. The molecule has 0 aromatic heterocycles. The van der Waals surface area contributed by atoms with E-state index in [9.17, 15) is 4.39 Å². The predicted molar refractivity (Wildman–Crippen MR) is 80.8 cm³/mol. The van der Waals surface area contributed by atoms with Gasteiger partial charge in [0.1, 0.15) is 18.2 Å². The number of aliphatic hydroxyl groups is 1. The Hall–Kier alpha value is -2.02. The van der Waals surface area contributed by atoms with E-state index in [4.69, 9.17) is 21.4 Å². The summed E-state index contributed by atoms with van der Waals surface area (Å²) in [4.78, 5) is 0. The fraction of sp³-hybridized carbons (Fsp3) is 0.176. The SMILES string of the molecule is OCCC#Cc1cc(COc2ccc(Cl)cc2)ccc1F. The maximum absolute atomic E-state index is 13.6. The van der Waals surface area contributed by atoms with Crippen molar-refractivity contribution in [3.05, 3.63) is 64.4 Å². The van der Waals surface area contributed by atoms with Crippen molar-refractivity contribution in [3.8, 4) is 17.6 Å². The van der Waals surface area contributed by atoms with E-state index in [0.29, 0.717) is 29.4 Å². The minimum Gasteiger partial charge on any atom is -0.489 e. The van der Waals surface area contributed by atoms with Crippen LogP contribution in [0.5, 0.6) is 5.75 Å². The van der Waals surface area contributed by atoms with E-state index in [1.807, 2.05) is 0 Å². The molecule has 0 radical (unpaired) electrons. The molecule has 0 aliphatic rings. The zero-order valence-electron chi connectivity index (χ0n) is 11.3. The molecule has 0 fully saturated rings. The Kier molecular flexibility index (Phi) is 5.62. The van der Waals surface area contributed by atoms with Crippen LogP contribution >= 0.6 is 11.6 Å². The molecule has 108 valence electrons. The molecule has 0 heterocycles. The first kappa shape index (κ1) is 15.4. The highest BCUT2D eigenvalue weighted by Crippen LogP contribution is 2.17. The van der Waals surface area contributed by atoms with E-state index < -0.39 is 0 Å². The Balaban J connectivity index is 2.05. The van der Waals surface area contributed by atoms with Gasteiger partial charge in [-0.25, -0.2) is 4.39 Å². The summed E-state index contributed by atoms with van der Waals surface area (Å²) in [5, 5.41) is 9.32. The minimum atomic E-state index is -0.379. The van der Waals surface area contributed by atoms with E-state index in [1.165, 1.54) is 6.07 Å². The Labute approximate surface area is 128 Å². The number of hydrogen-bond acceptors (Lipinski definition) is 2. The molecule has 2 aromatic carbocycles. The van der Waals surface area contributed by atoms with Crippen LogP contribution in [0.2, 0.25) is 5.02 Å². The molecule has 1 N–H and O–H groups in total. The van der Waals surface area contributed by atoms with Crippen LogP contribution in [-0.2, 0) is 6.61 Å². The van der Waals surface area contributed by atoms with Crippen LogP contribution in [0, 0.1) is 17.7 Å². The van der Waals surface area contributed by atoms with E-state index in [0.717, 1.165) is 5.56 Å². The Morgan fingerprint density at radius 1 is 1.14 bits per heavy atom. The lowest BCUT2D eigenvalue weighted by Crippen LogP contribution is -1.97. The number of rotatable bonds is 4. The second-order valence-electron chi connectivity index (χ2n) is 4.33. The smallest absolute Gasteiger partial charge is 0.138 e. The number of halogens is 2. The van der Waals surface area contributed by atoms with Crippen molar-refractivity contribution < 1.29 is 14.2 Å². The van der Waals surface area contributed by atoms with Gasteiger partial charge in [0.15, 0.2) is 0 Å². The summed E-state index contributed by atoms with van der Waals surface area (Å²) in [7, 11) is 0. The molecular formula is C17H14ClFO2. The second kappa shape index (κ2) is 7.68. The predicted octanol–water partition coefficient (Wildman–Crippen LogP) is 3.79. The molecule has 0 aliphatic carbocycles. The maximum atomic E-state index is 13.6. The van der Waals surface area contributed by atoms with Gasteiger partial charge in [-0.15, -0.1) is 0 Å². The van der Waals surface area contributed by atoms with Gasteiger partial charge in [0, 0.05) is 11.4 Å². The highest BCUT2D eigenvalue weighted by Gasteiger charge is 2.02. The topological polar surface area (TPSA) is 29.5 Å². The van der Waals surface area contributed by atoms with Gasteiger partial charge in [0.25, 0.3) is 0 Å². The summed E-state index contributed by atoms with van der Waals surface area (Å²) in [6.45, 7) is 0.282. The Morgan fingerprint density at radius 2 is 1.90 bits per heavy atom. The fourth-order valence-electron chi connectivity index (χ4n) is 1.67. The lowest BCUT2D eigenvalue weighted by molar-refractivity contribution is 0.305. The molecule has 0 saturated carbocycles. The summed E-state index contributed by atoms with van der Waals surface area (Å²) in [5.74, 6) is 5.72. The van der Waals surface area contributed by atoms with Crippen LogP contribution in [0.3, 0.4) is 0 Å². The minimum absolute atomic E-state index is 0.0337. The monoisotopic (exact) mass is 304 g/mol. The lowest BCUT2D eigenvalue weighted by atomic mass is 10.1. The van der Waals surface area contributed by atoms with Crippen molar-refractivity contribution in [1.82, 2.24) is 0 Å². The molecule has 4 heteroatoms. The standard InChI is InChI=1S/C17H14ClFO2/c18-15-5-7-16(8-6-15)21-12-13-4-9-17(19)14(11-13)3-1-2-10-20/h4-9,11,20H,2,10,12H2. The van der Waals surface area contributed by atoms with Crippen molar-refractivity contribution in [2.45, 2.75) is 13.0 Å². The normalized spacial score (nSPS) is 9.86. The van der Waals surface area contributed by atoms with Crippen molar-refractivity contribution >= 4 is 11.6 Å². The molecule has 0 unspecified atom stereocenters. The third-order valence-corrected chi connectivity index (χ3v) is 2.96. The average Bonchev–Trinajstić information content (AvgIpc) is 2.49. The van der Waals surface area contributed by atoms with Crippen molar-refractivity contribution in [2.24, 2.45) is 0 Å². The molecule has 21 heavy (non-hydrogen) atoms. The third kappa shape index (κ3) is 4.78. The van der Waals surface area contributed by atoms with Gasteiger partial charge in [-0.3, -0.25) is 0 Å². The van der Waals surface area contributed by atoms with Gasteiger partial charge < -0.3 is 9.84 Å². The molecule has 2 aromatic rings. The fourth-order valence-corrected chi connectivity index (χ4v) is 1.80.